The number of aliphatic hydroxyl groups excluding tert-OH is 3. The molecule has 9 heteroatoms. The van der Waals surface area contributed by atoms with Gasteiger partial charge in [0.25, 0.3) is 0 Å². The van der Waals surface area contributed by atoms with Crippen LogP contribution in [0.4, 0.5) is 5.82 Å². The van der Waals surface area contributed by atoms with Crippen LogP contribution in [0.3, 0.4) is 0 Å². The van der Waals surface area contributed by atoms with Crippen LogP contribution in [0.5, 0.6) is 0 Å². The molecule has 2 aliphatic rings. The fraction of sp³-hybridized carbons (Fsp3) is 0.692. The predicted molar refractivity (Wildman–Crippen MR) is 74.5 cm³/mol. The van der Waals surface area contributed by atoms with Crippen LogP contribution in [0.25, 0.3) is 0 Å². The third-order valence-electron chi connectivity index (χ3n) is 3.94. The maximum absolute atomic E-state index is 12.2. The Labute approximate surface area is 126 Å². The lowest BCUT2D eigenvalue weighted by Gasteiger charge is -2.28. The Balaban J connectivity index is 1.82. The molecular weight excluding hydrogens is 294 g/mol. The molecule has 0 saturated carbocycles. The number of aromatic nitrogens is 2. The van der Waals surface area contributed by atoms with Gasteiger partial charge in [0.2, 0.25) is 0 Å². The topological polar surface area (TPSA) is 117 Å². The number of hydrogen-bond acceptors (Lipinski definition) is 8. The van der Waals surface area contributed by atoms with E-state index >= 15 is 0 Å². The summed E-state index contributed by atoms with van der Waals surface area (Å²) in [4.78, 5) is 18.1. The lowest BCUT2D eigenvalue weighted by molar-refractivity contribution is -0.0549. The Morgan fingerprint density at radius 1 is 1.27 bits per heavy atom. The molecule has 0 bridgehead atoms. The molecule has 0 radical (unpaired) electrons. The van der Waals surface area contributed by atoms with E-state index in [-0.39, 0.29) is 0 Å². The van der Waals surface area contributed by atoms with Crippen molar-refractivity contribution in [3.8, 4) is 0 Å². The van der Waals surface area contributed by atoms with Crippen molar-refractivity contribution in [3.63, 3.8) is 0 Å². The summed E-state index contributed by atoms with van der Waals surface area (Å²) in [6.07, 6.45) is -3.07. The van der Waals surface area contributed by atoms with Crippen molar-refractivity contribution in [3.05, 3.63) is 22.7 Å². The van der Waals surface area contributed by atoms with Crippen LogP contribution in [-0.4, -0.2) is 76.1 Å². The second-order valence-corrected chi connectivity index (χ2v) is 5.30. The monoisotopic (exact) mass is 313 g/mol. The van der Waals surface area contributed by atoms with E-state index < -0.39 is 36.8 Å². The van der Waals surface area contributed by atoms with Gasteiger partial charge in [-0.2, -0.15) is 4.98 Å². The van der Waals surface area contributed by atoms with Crippen LogP contribution in [0.15, 0.2) is 17.1 Å². The molecule has 2 fully saturated rings. The van der Waals surface area contributed by atoms with E-state index in [0.29, 0.717) is 32.1 Å². The van der Waals surface area contributed by atoms with E-state index in [2.05, 4.69) is 4.98 Å². The summed E-state index contributed by atoms with van der Waals surface area (Å²) >= 11 is 0. The van der Waals surface area contributed by atoms with E-state index in [9.17, 15) is 15.0 Å². The normalized spacial score (nSPS) is 32.4. The molecule has 122 valence electrons. The first-order chi connectivity index (χ1) is 10.6. The first kappa shape index (κ1) is 15.4. The maximum atomic E-state index is 12.2. The van der Waals surface area contributed by atoms with Crippen molar-refractivity contribution in [2.45, 2.75) is 24.5 Å². The predicted octanol–water partition coefficient (Wildman–Crippen LogP) is -2.31. The Hall–Kier alpha value is -1.52. The number of hydrogen-bond donors (Lipinski definition) is 3. The van der Waals surface area contributed by atoms with Crippen LogP contribution < -0.4 is 10.6 Å². The van der Waals surface area contributed by atoms with Gasteiger partial charge in [0, 0.05) is 19.3 Å². The Morgan fingerprint density at radius 2 is 2.00 bits per heavy atom. The van der Waals surface area contributed by atoms with E-state index in [1.165, 1.54) is 6.20 Å². The molecule has 2 aliphatic heterocycles. The first-order valence-corrected chi connectivity index (χ1v) is 7.16. The summed E-state index contributed by atoms with van der Waals surface area (Å²) < 4.78 is 11.7. The highest BCUT2D eigenvalue weighted by atomic mass is 16.6. The van der Waals surface area contributed by atoms with Crippen LogP contribution in [0, 0.1) is 0 Å². The number of ether oxygens (including phenoxy) is 2. The number of nitrogens with zero attached hydrogens (tertiary/aromatic N) is 3. The number of anilines is 1. The van der Waals surface area contributed by atoms with Crippen molar-refractivity contribution in [1.29, 1.82) is 0 Å². The molecule has 1 aromatic heterocycles. The van der Waals surface area contributed by atoms with Crippen molar-refractivity contribution in [2.24, 2.45) is 0 Å². The molecule has 4 atom stereocenters. The van der Waals surface area contributed by atoms with Gasteiger partial charge in [-0.3, -0.25) is 4.57 Å². The molecule has 1 aromatic rings. The minimum atomic E-state index is -1.30. The van der Waals surface area contributed by atoms with Gasteiger partial charge in [-0.15, -0.1) is 0 Å². The van der Waals surface area contributed by atoms with Crippen molar-refractivity contribution < 1.29 is 24.8 Å². The zero-order chi connectivity index (χ0) is 15.7. The largest absolute Gasteiger partial charge is 0.394 e. The van der Waals surface area contributed by atoms with E-state index in [0.717, 1.165) is 4.57 Å². The molecular formula is C13H19N3O6. The summed E-state index contributed by atoms with van der Waals surface area (Å²) in [5.74, 6) is 0.538. The second kappa shape index (κ2) is 6.31. The number of morpholine rings is 1. The van der Waals surface area contributed by atoms with Gasteiger partial charge in [-0.25, -0.2) is 4.79 Å². The molecule has 0 unspecified atom stereocenters. The van der Waals surface area contributed by atoms with Gasteiger partial charge in [-0.1, -0.05) is 0 Å². The minimum absolute atomic E-state index is 0.442. The Morgan fingerprint density at radius 3 is 2.59 bits per heavy atom. The number of aliphatic hydroxyl groups is 3. The zero-order valence-electron chi connectivity index (χ0n) is 11.9. The second-order valence-electron chi connectivity index (χ2n) is 5.30. The lowest BCUT2D eigenvalue weighted by atomic mass is 10.1. The van der Waals surface area contributed by atoms with Crippen LogP contribution >= 0.6 is 0 Å². The summed E-state index contributed by atoms with van der Waals surface area (Å²) in [5, 5.41) is 28.8. The quantitative estimate of drug-likeness (QED) is 0.570. The molecule has 0 aliphatic carbocycles. The average Bonchev–Trinajstić information content (AvgIpc) is 2.83. The third-order valence-corrected chi connectivity index (χ3v) is 3.94. The summed E-state index contributed by atoms with van der Waals surface area (Å²) in [6.45, 7) is 2.04. The smallest absolute Gasteiger partial charge is 0.351 e. The van der Waals surface area contributed by atoms with Crippen molar-refractivity contribution in [2.75, 3.05) is 37.8 Å². The molecule has 9 nitrogen and oxygen atoms in total. The lowest BCUT2D eigenvalue weighted by Crippen LogP contribution is -2.40. The van der Waals surface area contributed by atoms with Gasteiger partial charge in [0.05, 0.1) is 19.8 Å². The van der Waals surface area contributed by atoms with E-state index in [4.69, 9.17) is 14.6 Å². The fourth-order valence-corrected chi connectivity index (χ4v) is 2.68. The Kier molecular flexibility index (Phi) is 4.41. The summed E-state index contributed by atoms with van der Waals surface area (Å²) in [6, 6.07) is 1.65. The molecule has 3 N–H and O–H groups in total. The molecule has 0 amide bonds. The molecule has 3 heterocycles. The van der Waals surface area contributed by atoms with Gasteiger partial charge < -0.3 is 29.7 Å². The number of rotatable bonds is 3. The van der Waals surface area contributed by atoms with Gasteiger partial charge >= 0.3 is 5.69 Å². The zero-order valence-corrected chi connectivity index (χ0v) is 11.9. The molecule has 3 rings (SSSR count). The minimum Gasteiger partial charge on any atom is -0.394 e. The van der Waals surface area contributed by atoms with Crippen LogP contribution in [0.1, 0.15) is 6.23 Å². The molecule has 0 aromatic carbocycles. The molecule has 0 spiro atoms. The highest BCUT2D eigenvalue weighted by Crippen LogP contribution is 2.28. The van der Waals surface area contributed by atoms with Crippen LogP contribution in [-0.2, 0) is 9.47 Å². The average molecular weight is 313 g/mol. The highest BCUT2D eigenvalue weighted by molar-refractivity contribution is 5.36. The molecule has 2 saturated heterocycles. The fourth-order valence-electron chi connectivity index (χ4n) is 2.68. The standard InChI is InChI=1S/C13H19N3O6/c17-7-8-10(18)11(19)12(22-8)16-2-1-9(14-13(16)20)15-3-5-21-6-4-15/h1-2,8,10-12,17-19H,3-7H2/t8-,10+,11+,12-/m0/s1. The SMILES string of the molecule is O=c1nc(N2CCOCC2)ccn1[C@H]1O[C@@H](CO)[C@@H](O)[C@H]1O. The van der Waals surface area contributed by atoms with Crippen molar-refractivity contribution >= 4 is 5.82 Å². The summed E-state index contributed by atoms with van der Waals surface area (Å²) in [7, 11) is 0. The van der Waals surface area contributed by atoms with Gasteiger partial charge in [0.1, 0.15) is 24.1 Å². The summed E-state index contributed by atoms with van der Waals surface area (Å²) in [5.41, 5.74) is -0.584. The highest BCUT2D eigenvalue weighted by Gasteiger charge is 2.43. The van der Waals surface area contributed by atoms with Crippen LogP contribution in [0.2, 0.25) is 0 Å². The van der Waals surface area contributed by atoms with Gasteiger partial charge in [0.15, 0.2) is 6.23 Å². The van der Waals surface area contributed by atoms with E-state index in [1.54, 1.807) is 6.07 Å². The van der Waals surface area contributed by atoms with Gasteiger partial charge in [-0.05, 0) is 6.07 Å². The van der Waals surface area contributed by atoms with Crippen molar-refractivity contribution in [1.82, 2.24) is 9.55 Å². The van der Waals surface area contributed by atoms with E-state index in [1.807, 2.05) is 4.90 Å². The Bertz CT molecular complexity index is 573. The first-order valence-electron chi connectivity index (χ1n) is 7.16. The maximum Gasteiger partial charge on any atom is 0.351 e. The molecule has 22 heavy (non-hydrogen) atoms. The third kappa shape index (κ3) is 2.73.